The normalized spacial score (nSPS) is 16.1. The maximum atomic E-state index is 6.15. The third-order valence-electron chi connectivity index (χ3n) is 4.77. The Morgan fingerprint density at radius 1 is 1.26 bits per heavy atom. The van der Waals surface area contributed by atoms with Gasteiger partial charge in [-0.05, 0) is 18.2 Å². The van der Waals surface area contributed by atoms with Crippen molar-refractivity contribution < 1.29 is 9.47 Å². The summed E-state index contributed by atoms with van der Waals surface area (Å²) < 4.78 is 13.6. The van der Waals surface area contributed by atoms with Crippen molar-refractivity contribution in [3.8, 4) is 17.0 Å². The first-order chi connectivity index (χ1) is 13.2. The lowest BCUT2D eigenvalue weighted by Crippen LogP contribution is -2.36. The minimum absolute atomic E-state index is 0.0827. The molecular weight excluding hydrogens is 362 g/mol. The number of halogens is 1. The molecule has 6 heteroatoms. The molecule has 2 heterocycles. The van der Waals surface area contributed by atoms with Gasteiger partial charge in [0.1, 0.15) is 18.2 Å². The molecule has 0 spiro atoms. The van der Waals surface area contributed by atoms with Crippen LogP contribution >= 0.6 is 11.6 Å². The van der Waals surface area contributed by atoms with E-state index < -0.39 is 0 Å². The molecule has 0 amide bonds. The zero-order valence-corrected chi connectivity index (χ0v) is 15.9. The van der Waals surface area contributed by atoms with Crippen molar-refractivity contribution in [2.24, 2.45) is 0 Å². The van der Waals surface area contributed by atoms with Crippen LogP contribution in [0.2, 0.25) is 5.02 Å². The molecule has 1 N–H and O–H groups in total. The second-order valence-electron chi connectivity index (χ2n) is 6.56. The van der Waals surface area contributed by atoms with Crippen LogP contribution in [0.4, 0.5) is 0 Å². The van der Waals surface area contributed by atoms with Gasteiger partial charge in [0.05, 0.1) is 31.6 Å². The Bertz CT molecular complexity index is 925. The molecule has 27 heavy (non-hydrogen) atoms. The predicted molar refractivity (Wildman–Crippen MR) is 106 cm³/mol. The Labute approximate surface area is 163 Å². The number of para-hydroxylation sites is 1. The molecule has 4 rings (SSSR count). The van der Waals surface area contributed by atoms with Gasteiger partial charge in [-0.2, -0.15) is 0 Å². The Hall–Kier alpha value is -2.34. The van der Waals surface area contributed by atoms with Crippen molar-refractivity contribution in [2.45, 2.75) is 25.8 Å². The van der Waals surface area contributed by atoms with E-state index in [1.54, 1.807) is 7.11 Å². The molecule has 1 aliphatic rings. The van der Waals surface area contributed by atoms with Crippen LogP contribution < -0.4 is 10.1 Å². The summed E-state index contributed by atoms with van der Waals surface area (Å²) in [7, 11) is 1.70. The highest BCUT2D eigenvalue weighted by Gasteiger charge is 2.22. The molecule has 1 aromatic heterocycles. The summed E-state index contributed by atoms with van der Waals surface area (Å²) in [6, 6.07) is 15.9. The zero-order chi connectivity index (χ0) is 18.6. The van der Waals surface area contributed by atoms with Gasteiger partial charge in [0, 0.05) is 29.2 Å². The largest absolute Gasteiger partial charge is 0.496 e. The maximum absolute atomic E-state index is 6.15. The number of rotatable bonds is 6. The Balaban J connectivity index is 1.42. The topological polar surface area (TPSA) is 48.3 Å². The van der Waals surface area contributed by atoms with Crippen molar-refractivity contribution in [2.75, 3.05) is 13.7 Å². The molecule has 0 saturated heterocycles. The van der Waals surface area contributed by atoms with Gasteiger partial charge in [-0.15, -0.1) is 0 Å². The number of imidazole rings is 1. The first kappa shape index (κ1) is 18.0. The van der Waals surface area contributed by atoms with Crippen molar-refractivity contribution in [1.29, 1.82) is 0 Å². The fraction of sp³-hybridized carbons (Fsp3) is 0.286. The lowest BCUT2D eigenvalue weighted by Gasteiger charge is -2.26. The summed E-state index contributed by atoms with van der Waals surface area (Å²) in [5.41, 5.74) is 3.29. The first-order valence-electron chi connectivity index (χ1n) is 8.99. The minimum Gasteiger partial charge on any atom is -0.496 e. The number of aromatic nitrogens is 2. The fourth-order valence-corrected chi connectivity index (χ4v) is 3.59. The van der Waals surface area contributed by atoms with Gasteiger partial charge < -0.3 is 19.4 Å². The average Bonchev–Trinajstić information content (AvgIpc) is 3.12. The highest BCUT2D eigenvalue weighted by molar-refractivity contribution is 6.30. The predicted octanol–water partition coefficient (Wildman–Crippen LogP) is 3.90. The number of nitrogens with zero attached hydrogens (tertiary/aromatic N) is 2. The summed E-state index contributed by atoms with van der Waals surface area (Å²) in [6.07, 6.45) is 1.98. The molecule has 0 saturated carbocycles. The fourth-order valence-electron chi connectivity index (χ4n) is 3.40. The van der Waals surface area contributed by atoms with Crippen LogP contribution in [0.15, 0.2) is 54.7 Å². The van der Waals surface area contributed by atoms with E-state index in [1.807, 2.05) is 42.6 Å². The van der Waals surface area contributed by atoms with Gasteiger partial charge in [0.2, 0.25) is 0 Å². The van der Waals surface area contributed by atoms with Gasteiger partial charge >= 0.3 is 0 Å². The molecule has 0 unspecified atom stereocenters. The number of methoxy groups -OCH3 is 1. The molecule has 0 fully saturated rings. The van der Waals surface area contributed by atoms with Crippen molar-refractivity contribution >= 4 is 11.6 Å². The number of hydrogen-bond acceptors (Lipinski definition) is 4. The summed E-state index contributed by atoms with van der Waals surface area (Å²) in [5.74, 6) is 1.85. The average molecular weight is 384 g/mol. The van der Waals surface area contributed by atoms with Crippen LogP contribution in [0, 0.1) is 0 Å². The number of nitrogens with one attached hydrogen (secondary N) is 1. The van der Waals surface area contributed by atoms with Crippen LogP contribution in [-0.2, 0) is 24.4 Å². The van der Waals surface area contributed by atoms with Gasteiger partial charge in [-0.3, -0.25) is 0 Å². The van der Waals surface area contributed by atoms with Crippen molar-refractivity contribution in [3.63, 3.8) is 0 Å². The molecule has 1 atom stereocenters. The van der Waals surface area contributed by atoms with E-state index in [4.69, 9.17) is 21.1 Å². The summed E-state index contributed by atoms with van der Waals surface area (Å²) in [4.78, 5) is 4.51. The SMILES string of the molecule is COc1ccccc1CNC[C@H]1Cn2c(-c3cccc(Cl)c3)cnc2CO1. The van der Waals surface area contributed by atoms with E-state index in [1.165, 1.54) is 0 Å². The Kier molecular flexibility index (Phi) is 5.43. The smallest absolute Gasteiger partial charge is 0.135 e. The Morgan fingerprint density at radius 3 is 3.00 bits per heavy atom. The molecule has 3 aromatic rings. The van der Waals surface area contributed by atoms with E-state index >= 15 is 0 Å². The van der Waals surface area contributed by atoms with E-state index in [2.05, 4.69) is 27.0 Å². The maximum Gasteiger partial charge on any atom is 0.135 e. The van der Waals surface area contributed by atoms with Crippen molar-refractivity contribution in [1.82, 2.24) is 14.9 Å². The molecule has 2 aromatic carbocycles. The molecule has 140 valence electrons. The summed E-state index contributed by atoms with van der Waals surface area (Å²) >= 11 is 6.15. The van der Waals surface area contributed by atoms with Gasteiger partial charge in [0.15, 0.2) is 0 Å². The first-order valence-corrected chi connectivity index (χ1v) is 9.37. The summed E-state index contributed by atoms with van der Waals surface area (Å²) in [6.45, 7) is 2.77. The number of ether oxygens (including phenoxy) is 2. The van der Waals surface area contributed by atoms with Crippen LogP contribution in [0.1, 0.15) is 11.4 Å². The number of hydrogen-bond donors (Lipinski definition) is 1. The highest BCUT2D eigenvalue weighted by Crippen LogP contribution is 2.26. The molecule has 5 nitrogen and oxygen atoms in total. The highest BCUT2D eigenvalue weighted by atomic mass is 35.5. The Morgan fingerprint density at radius 2 is 2.15 bits per heavy atom. The number of benzene rings is 2. The van der Waals surface area contributed by atoms with Crippen molar-refractivity contribution in [3.05, 3.63) is 71.1 Å². The zero-order valence-electron chi connectivity index (χ0n) is 15.2. The monoisotopic (exact) mass is 383 g/mol. The van der Waals surface area contributed by atoms with Crippen LogP contribution in [0.25, 0.3) is 11.3 Å². The molecular formula is C21H22ClN3O2. The third kappa shape index (κ3) is 4.00. The van der Waals surface area contributed by atoms with Crippen LogP contribution in [-0.4, -0.2) is 29.3 Å². The van der Waals surface area contributed by atoms with E-state index in [0.717, 1.165) is 53.1 Å². The van der Waals surface area contributed by atoms with Crippen LogP contribution in [0.5, 0.6) is 5.75 Å². The molecule has 0 bridgehead atoms. The van der Waals surface area contributed by atoms with E-state index in [9.17, 15) is 0 Å². The van der Waals surface area contributed by atoms with E-state index in [0.29, 0.717) is 6.61 Å². The van der Waals surface area contributed by atoms with Gasteiger partial charge in [-0.1, -0.05) is 41.9 Å². The minimum atomic E-state index is 0.0827. The quantitative estimate of drug-likeness (QED) is 0.701. The van der Waals surface area contributed by atoms with Gasteiger partial charge in [0.25, 0.3) is 0 Å². The number of fused-ring (bicyclic) bond motifs is 1. The molecule has 1 aliphatic heterocycles. The summed E-state index contributed by atoms with van der Waals surface area (Å²) in [5, 5.41) is 4.20. The third-order valence-corrected chi connectivity index (χ3v) is 5.01. The van der Waals surface area contributed by atoms with Gasteiger partial charge in [-0.25, -0.2) is 4.98 Å². The molecule has 0 aliphatic carbocycles. The second kappa shape index (κ2) is 8.13. The lowest BCUT2D eigenvalue weighted by atomic mass is 10.1. The lowest BCUT2D eigenvalue weighted by molar-refractivity contribution is 0.00324. The standard InChI is InChI=1S/C21H22ClN3O2/c1-26-20-8-3-2-5-16(20)10-23-11-18-13-25-19(12-24-21(25)14-27-18)15-6-4-7-17(22)9-15/h2-9,12,18,23H,10-11,13-14H2,1H3/t18-/m0/s1. The second-order valence-corrected chi connectivity index (χ2v) is 6.99. The van der Waals surface area contributed by atoms with E-state index in [-0.39, 0.29) is 6.10 Å². The van der Waals surface area contributed by atoms with Crippen LogP contribution in [0.3, 0.4) is 0 Å². The molecule has 0 radical (unpaired) electrons.